The molecular weight excluding hydrogens is 358 g/mol. The van der Waals surface area contributed by atoms with Crippen LogP contribution in [0.1, 0.15) is 13.8 Å². The van der Waals surface area contributed by atoms with Crippen molar-refractivity contribution < 1.29 is 23.8 Å². The van der Waals surface area contributed by atoms with Gasteiger partial charge in [-0.05, 0) is 62.4 Å². The maximum atomic E-state index is 12.1. The number of methoxy groups -OCH3 is 1. The molecule has 2 rings (SSSR count). The lowest BCUT2D eigenvalue weighted by Gasteiger charge is -2.18. The molecule has 0 unspecified atom stereocenters. The van der Waals surface area contributed by atoms with Crippen molar-refractivity contribution in [3.8, 4) is 11.5 Å². The van der Waals surface area contributed by atoms with Crippen molar-refractivity contribution in [1.29, 1.82) is 0 Å². The first-order valence-electron chi connectivity index (χ1n) is 7.96. The number of hydrogen-bond acceptors (Lipinski definition) is 5. The summed E-state index contributed by atoms with van der Waals surface area (Å²) in [5.41, 5.74) is 0.573. The van der Waals surface area contributed by atoms with Crippen LogP contribution in [0, 0.1) is 0 Å². The van der Waals surface area contributed by atoms with Gasteiger partial charge in [-0.25, -0.2) is 4.79 Å². The summed E-state index contributed by atoms with van der Waals surface area (Å²) in [5, 5.41) is 3.23. The molecule has 0 bridgehead atoms. The summed E-state index contributed by atoms with van der Waals surface area (Å²) in [6.45, 7) is 3.04. The smallest absolute Gasteiger partial charge is 0.347 e. The molecule has 0 aliphatic rings. The Morgan fingerprint density at radius 1 is 0.923 bits per heavy atom. The first-order valence-corrected chi connectivity index (χ1v) is 8.34. The van der Waals surface area contributed by atoms with Crippen LogP contribution in [0.4, 0.5) is 5.69 Å². The molecule has 0 aliphatic carbocycles. The maximum absolute atomic E-state index is 12.1. The van der Waals surface area contributed by atoms with Gasteiger partial charge >= 0.3 is 5.97 Å². The SMILES string of the molecule is COc1ccc(NC(=O)[C@H](C)OC(=O)[C@@H](C)Oc2ccc(Cl)cc2)cc1. The lowest BCUT2D eigenvalue weighted by Crippen LogP contribution is -2.35. The number of carbonyl (C=O) groups excluding carboxylic acids is 2. The Morgan fingerprint density at radius 2 is 1.50 bits per heavy atom. The normalized spacial score (nSPS) is 12.6. The van der Waals surface area contributed by atoms with E-state index in [1.54, 1.807) is 62.6 Å². The van der Waals surface area contributed by atoms with Crippen molar-refractivity contribution in [2.24, 2.45) is 0 Å². The Hall–Kier alpha value is -2.73. The molecule has 26 heavy (non-hydrogen) atoms. The summed E-state index contributed by atoms with van der Waals surface area (Å²) in [4.78, 5) is 24.2. The summed E-state index contributed by atoms with van der Waals surface area (Å²) < 4.78 is 15.7. The van der Waals surface area contributed by atoms with Crippen LogP contribution in [0.3, 0.4) is 0 Å². The Labute approximate surface area is 157 Å². The maximum Gasteiger partial charge on any atom is 0.347 e. The molecular formula is C19H20ClNO5. The fourth-order valence-electron chi connectivity index (χ4n) is 2.01. The van der Waals surface area contributed by atoms with Crippen LogP contribution in [0.5, 0.6) is 11.5 Å². The molecule has 0 aliphatic heterocycles. The second kappa shape index (κ2) is 9.10. The number of hydrogen-bond donors (Lipinski definition) is 1. The minimum Gasteiger partial charge on any atom is -0.497 e. The van der Waals surface area contributed by atoms with E-state index in [4.69, 9.17) is 25.8 Å². The third kappa shape index (κ3) is 5.67. The Bertz CT molecular complexity index is 746. The van der Waals surface area contributed by atoms with Gasteiger partial charge in [0, 0.05) is 10.7 Å². The Kier molecular flexibility index (Phi) is 6.86. The summed E-state index contributed by atoms with van der Waals surface area (Å²) in [6, 6.07) is 13.4. The zero-order chi connectivity index (χ0) is 19.1. The molecule has 2 atom stereocenters. The van der Waals surface area contributed by atoms with E-state index in [0.717, 1.165) is 0 Å². The van der Waals surface area contributed by atoms with Crippen molar-refractivity contribution in [2.45, 2.75) is 26.1 Å². The lowest BCUT2D eigenvalue weighted by atomic mass is 10.3. The van der Waals surface area contributed by atoms with Gasteiger partial charge in [-0.2, -0.15) is 0 Å². The molecule has 0 heterocycles. The number of carbonyl (C=O) groups is 2. The van der Waals surface area contributed by atoms with Gasteiger partial charge in [0.2, 0.25) is 0 Å². The van der Waals surface area contributed by atoms with Crippen molar-refractivity contribution in [3.63, 3.8) is 0 Å². The highest BCUT2D eigenvalue weighted by atomic mass is 35.5. The molecule has 1 amide bonds. The standard InChI is InChI=1S/C19H20ClNO5/c1-12(18(22)21-15-6-10-16(24-3)11-7-15)26-19(23)13(2)25-17-8-4-14(20)5-9-17/h4-13H,1-3H3,(H,21,22)/t12-,13+/m0/s1. The highest BCUT2D eigenvalue weighted by Gasteiger charge is 2.23. The van der Waals surface area contributed by atoms with Crippen molar-refractivity contribution >= 4 is 29.2 Å². The van der Waals surface area contributed by atoms with E-state index in [1.807, 2.05) is 0 Å². The molecule has 0 fully saturated rings. The molecule has 2 aromatic carbocycles. The van der Waals surface area contributed by atoms with Crippen LogP contribution in [-0.4, -0.2) is 31.2 Å². The Balaban J connectivity index is 1.86. The van der Waals surface area contributed by atoms with Crippen LogP contribution in [0.15, 0.2) is 48.5 Å². The first-order chi connectivity index (χ1) is 12.4. The van der Waals surface area contributed by atoms with E-state index in [-0.39, 0.29) is 0 Å². The molecule has 1 N–H and O–H groups in total. The summed E-state index contributed by atoms with van der Waals surface area (Å²) in [6.07, 6.45) is -1.84. The summed E-state index contributed by atoms with van der Waals surface area (Å²) in [5.74, 6) is 0.0735. The van der Waals surface area contributed by atoms with E-state index in [1.165, 1.54) is 6.92 Å². The molecule has 2 aromatic rings. The average molecular weight is 378 g/mol. The molecule has 0 saturated carbocycles. The number of rotatable bonds is 7. The zero-order valence-electron chi connectivity index (χ0n) is 14.7. The quantitative estimate of drug-likeness (QED) is 0.745. The topological polar surface area (TPSA) is 73.9 Å². The number of halogens is 1. The molecule has 7 heteroatoms. The molecule has 0 aromatic heterocycles. The number of benzene rings is 2. The molecule has 6 nitrogen and oxygen atoms in total. The van der Waals surface area contributed by atoms with Crippen molar-refractivity contribution in [1.82, 2.24) is 0 Å². The van der Waals surface area contributed by atoms with Gasteiger partial charge in [-0.15, -0.1) is 0 Å². The minimum absolute atomic E-state index is 0.442. The van der Waals surface area contributed by atoms with Gasteiger partial charge in [0.15, 0.2) is 12.2 Å². The lowest BCUT2D eigenvalue weighted by molar-refractivity contribution is -0.159. The second-order valence-corrected chi connectivity index (χ2v) is 5.95. The van der Waals surface area contributed by atoms with E-state index in [9.17, 15) is 9.59 Å². The fourth-order valence-corrected chi connectivity index (χ4v) is 2.13. The molecule has 0 saturated heterocycles. The monoisotopic (exact) mass is 377 g/mol. The first kappa shape index (κ1) is 19.6. The third-order valence-corrected chi connectivity index (χ3v) is 3.73. The van der Waals surface area contributed by atoms with Crippen LogP contribution >= 0.6 is 11.6 Å². The summed E-state index contributed by atoms with van der Waals surface area (Å²) >= 11 is 5.80. The second-order valence-electron chi connectivity index (χ2n) is 5.51. The van der Waals surface area contributed by atoms with E-state index >= 15 is 0 Å². The van der Waals surface area contributed by atoms with Crippen molar-refractivity contribution in [2.75, 3.05) is 12.4 Å². The number of anilines is 1. The van der Waals surface area contributed by atoms with Gasteiger partial charge in [-0.1, -0.05) is 11.6 Å². The van der Waals surface area contributed by atoms with E-state index in [0.29, 0.717) is 22.2 Å². The Morgan fingerprint density at radius 3 is 2.08 bits per heavy atom. The van der Waals surface area contributed by atoms with Gasteiger partial charge in [0.05, 0.1) is 7.11 Å². The fraction of sp³-hybridized carbons (Fsp3) is 0.263. The van der Waals surface area contributed by atoms with Crippen LogP contribution in [0.25, 0.3) is 0 Å². The summed E-state index contributed by atoms with van der Waals surface area (Å²) in [7, 11) is 1.56. The van der Waals surface area contributed by atoms with Crippen molar-refractivity contribution in [3.05, 3.63) is 53.6 Å². The van der Waals surface area contributed by atoms with Gasteiger partial charge in [0.1, 0.15) is 11.5 Å². The molecule has 138 valence electrons. The van der Waals surface area contributed by atoms with Gasteiger partial charge < -0.3 is 19.5 Å². The molecule has 0 radical (unpaired) electrons. The number of ether oxygens (including phenoxy) is 3. The van der Waals surface area contributed by atoms with Crippen LogP contribution in [-0.2, 0) is 14.3 Å². The zero-order valence-corrected chi connectivity index (χ0v) is 15.4. The average Bonchev–Trinajstić information content (AvgIpc) is 2.64. The highest BCUT2D eigenvalue weighted by molar-refractivity contribution is 6.30. The van der Waals surface area contributed by atoms with E-state index in [2.05, 4.69) is 5.32 Å². The van der Waals surface area contributed by atoms with E-state index < -0.39 is 24.1 Å². The third-order valence-electron chi connectivity index (χ3n) is 3.48. The van der Waals surface area contributed by atoms with Crippen LogP contribution in [0.2, 0.25) is 5.02 Å². The highest BCUT2D eigenvalue weighted by Crippen LogP contribution is 2.18. The van der Waals surface area contributed by atoms with Gasteiger partial charge in [-0.3, -0.25) is 4.79 Å². The number of amides is 1. The van der Waals surface area contributed by atoms with Crippen LogP contribution < -0.4 is 14.8 Å². The molecule has 0 spiro atoms. The minimum atomic E-state index is -0.971. The predicted octanol–water partition coefficient (Wildman–Crippen LogP) is 3.69. The van der Waals surface area contributed by atoms with Gasteiger partial charge in [0.25, 0.3) is 5.91 Å². The number of esters is 1. The largest absolute Gasteiger partial charge is 0.497 e. The predicted molar refractivity (Wildman–Crippen MR) is 98.7 cm³/mol. The number of nitrogens with one attached hydrogen (secondary N) is 1.